The van der Waals surface area contributed by atoms with Crippen molar-refractivity contribution in [1.29, 1.82) is 5.26 Å². The van der Waals surface area contributed by atoms with Crippen molar-refractivity contribution >= 4 is 53.4 Å². The Labute approximate surface area is 435 Å². The van der Waals surface area contributed by atoms with Crippen molar-refractivity contribution in [2.75, 3.05) is 26.4 Å². The molecule has 2 fully saturated rings. The Morgan fingerprint density at radius 3 is 1.40 bits per heavy atom. The molecule has 0 aromatic heterocycles. The largest absolute Gasteiger partial charge is 0.494 e. The summed E-state index contributed by atoms with van der Waals surface area (Å²) in [7, 11) is 0. The van der Waals surface area contributed by atoms with Gasteiger partial charge in [0.25, 0.3) is 0 Å². The van der Waals surface area contributed by atoms with Gasteiger partial charge in [0.1, 0.15) is 34.5 Å². The van der Waals surface area contributed by atoms with Gasteiger partial charge < -0.3 is 43.0 Å². The SMILES string of the molecule is C=CC(=O)OCCCCCCOc1ccc(OC(=O)C2CCC(C(=O)Oc3ccc(OC(O)C4CCC(C(=O)Oc5ccc(OCCCCCCOC(=O)C=C)cc5)CC4)c4c3S/C(=C(/C)C#N)S4)CC2)cc1. The molecule has 1 unspecified atom stereocenters. The maximum Gasteiger partial charge on any atom is 0.330 e. The highest BCUT2D eigenvalue weighted by Gasteiger charge is 2.36. The predicted octanol–water partition coefficient (Wildman–Crippen LogP) is 11.4. The van der Waals surface area contributed by atoms with Crippen LogP contribution in [0.3, 0.4) is 0 Å². The van der Waals surface area contributed by atoms with Gasteiger partial charge >= 0.3 is 29.8 Å². The quantitative estimate of drug-likeness (QED) is 0.0188. The number of esters is 5. The highest BCUT2D eigenvalue weighted by Crippen LogP contribution is 2.59. The molecule has 0 saturated heterocycles. The third kappa shape index (κ3) is 17.8. The lowest BCUT2D eigenvalue weighted by molar-refractivity contribution is -0.145. The van der Waals surface area contributed by atoms with Gasteiger partial charge in [-0.15, -0.1) is 0 Å². The maximum absolute atomic E-state index is 13.6. The number of fused-ring (bicyclic) bond motifs is 1. The molecule has 2 aliphatic carbocycles. The fourth-order valence-corrected chi connectivity index (χ4v) is 11.0. The zero-order valence-corrected chi connectivity index (χ0v) is 43.0. The molecule has 0 radical (unpaired) electrons. The number of hydrogen-bond donors (Lipinski definition) is 1. The van der Waals surface area contributed by atoms with E-state index in [-0.39, 0.29) is 29.7 Å². The number of nitriles is 1. The van der Waals surface area contributed by atoms with E-state index in [1.807, 2.05) is 0 Å². The Balaban J connectivity index is 0.911. The summed E-state index contributed by atoms with van der Waals surface area (Å²) in [5.74, 6) is -0.363. The van der Waals surface area contributed by atoms with Crippen molar-refractivity contribution in [1.82, 2.24) is 0 Å². The zero-order valence-electron chi connectivity index (χ0n) is 41.4. The fraction of sp³-hybridized carbons (Fsp3) is 0.464. The number of hydrogen-bond acceptors (Lipinski definition) is 17. The molecular weight excluding hydrogens is 975 g/mol. The van der Waals surface area contributed by atoms with E-state index in [2.05, 4.69) is 19.2 Å². The topological polar surface area (TPSA) is 203 Å². The van der Waals surface area contributed by atoms with Gasteiger partial charge in [0.05, 0.1) is 64.3 Å². The second-order valence-electron chi connectivity index (χ2n) is 18.1. The van der Waals surface area contributed by atoms with Crippen molar-refractivity contribution in [3.05, 3.63) is 95.8 Å². The van der Waals surface area contributed by atoms with Crippen molar-refractivity contribution in [2.45, 2.75) is 126 Å². The van der Waals surface area contributed by atoms with Crippen LogP contribution >= 0.6 is 23.5 Å². The molecule has 0 amide bonds. The number of benzene rings is 3. The van der Waals surface area contributed by atoms with Gasteiger partial charge in [0.15, 0.2) is 6.29 Å². The minimum absolute atomic E-state index is 0.243. The van der Waals surface area contributed by atoms with Gasteiger partial charge in [-0.3, -0.25) is 14.4 Å². The number of thioether (sulfide) groups is 2. The van der Waals surface area contributed by atoms with Crippen LogP contribution in [0.25, 0.3) is 0 Å². The first-order valence-electron chi connectivity index (χ1n) is 25.1. The summed E-state index contributed by atoms with van der Waals surface area (Å²) in [6, 6.07) is 19.4. The van der Waals surface area contributed by atoms with Crippen LogP contribution in [-0.4, -0.2) is 67.7 Å². The van der Waals surface area contributed by atoms with E-state index < -0.39 is 30.1 Å². The van der Waals surface area contributed by atoms with Crippen molar-refractivity contribution in [2.24, 2.45) is 23.7 Å². The molecule has 0 bridgehead atoms. The van der Waals surface area contributed by atoms with E-state index in [4.69, 9.17) is 37.9 Å². The molecule has 6 rings (SSSR count). The number of rotatable bonds is 27. The maximum atomic E-state index is 13.6. The van der Waals surface area contributed by atoms with Gasteiger partial charge in [-0.2, -0.15) is 5.26 Å². The average molecular weight is 1040 g/mol. The highest BCUT2D eigenvalue weighted by molar-refractivity contribution is 8.24. The second kappa shape index (κ2) is 29.5. The lowest BCUT2D eigenvalue weighted by atomic mass is 9.81. The van der Waals surface area contributed by atoms with Gasteiger partial charge in [-0.05, 0) is 170 Å². The zero-order chi connectivity index (χ0) is 52.0. The van der Waals surface area contributed by atoms with Crippen molar-refractivity contribution in [3.8, 4) is 40.6 Å². The summed E-state index contributed by atoms with van der Waals surface area (Å²) < 4.78 is 45.9. The molecule has 1 atom stereocenters. The number of nitrogens with zero attached hydrogens (tertiary/aromatic N) is 1. The smallest absolute Gasteiger partial charge is 0.330 e. The van der Waals surface area contributed by atoms with Crippen LogP contribution in [0.2, 0.25) is 0 Å². The van der Waals surface area contributed by atoms with Crippen LogP contribution in [-0.2, 0) is 33.4 Å². The molecule has 1 heterocycles. The Bertz CT molecular complexity index is 2430. The lowest BCUT2D eigenvalue weighted by Gasteiger charge is -2.30. The molecule has 1 aliphatic heterocycles. The number of carbonyl (C=O) groups excluding carboxylic acids is 5. The first kappa shape index (κ1) is 56.1. The summed E-state index contributed by atoms with van der Waals surface area (Å²) in [5.41, 5.74) is 0.495. The molecule has 2 saturated carbocycles. The molecule has 3 aliphatic rings. The van der Waals surface area contributed by atoms with E-state index in [0.717, 1.165) is 63.5 Å². The van der Waals surface area contributed by atoms with Gasteiger partial charge in [-0.25, -0.2) is 9.59 Å². The number of aliphatic hydroxyl groups is 1. The van der Waals surface area contributed by atoms with E-state index in [1.165, 1.54) is 23.5 Å². The van der Waals surface area contributed by atoms with Crippen LogP contribution in [0, 0.1) is 35.0 Å². The number of unbranched alkanes of at least 4 members (excludes halogenated alkanes) is 6. The lowest BCUT2D eigenvalue weighted by Crippen LogP contribution is -2.33. The van der Waals surface area contributed by atoms with Crippen molar-refractivity contribution in [3.63, 3.8) is 0 Å². The van der Waals surface area contributed by atoms with Crippen LogP contribution in [0.1, 0.15) is 110 Å². The van der Waals surface area contributed by atoms with Gasteiger partial charge in [0, 0.05) is 23.6 Å². The molecule has 3 aromatic rings. The van der Waals surface area contributed by atoms with Crippen LogP contribution in [0.4, 0.5) is 0 Å². The summed E-state index contributed by atoms with van der Waals surface area (Å²) in [6.45, 7) is 10.3. The summed E-state index contributed by atoms with van der Waals surface area (Å²) in [5, 5.41) is 21.1. The summed E-state index contributed by atoms with van der Waals surface area (Å²) >= 11 is 2.64. The third-order valence-corrected chi connectivity index (χ3v) is 15.6. The minimum atomic E-state index is -1.17. The van der Waals surface area contributed by atoms with E-state index in [1.54, 1.807) is 67.6 Å². The van der Waals surface area contributed by atoms with E-state index in [9.17, 15) is 34.3 Å². The Hall–Kier alpha value is -6.22. The number of aliphatic hydroxyl groups excluding tert-OH is 1. The molecule has 73 heavy (non-hydrogen) atoms. The van der Waals surface area contributed by atoms with E-state index >= 15 is 0 Å². The first-order valence-corrected chi connectivity index (χ1v) is 26.8. The minimum Gasteiger partial charge on any atom is -0.494 e. The van der Waals surface area contributed by atoms with Crippen LogP contribution < -0.4 is 28.4 Å². The highest BCUT2D eigenvalue weighted by atomic mass is 32.2. The second-order valence-corrected chi connectivity index (χ2v) is 20.4. The number of carbonyl (C=O) groups is 5. The third-order valence-electron chi connectivity index (χ3n) is 12.8. The molecule has 3 aromatic carbocycles. The molecule has 17 heteroatoms. The summed E-state index contributed by atoms with van der Waals surface area (Å²) in [4.78, 5) is 63.3. The number of allylic oxidation sites excluding steroid dienone is 1. The molecular formula is C56H65NO14S2. The predicted molar refractivity (Wildman–Crippen MR) is 274 cm³/mol. The monoisotopic (exact) mass is 1040 g/mol. The Morgan fingerprint density at radius 2 is 0.959 bits per heavy atom. The van der Waals surface area contributed by atoms with E-state index in [0.29, 0.717) is 132 Å². The van der Waals surface area contributed by atoms with Gasteiger partial charge in [0.2, 0.25) is 0 Å². The Kier molecular flexibility index (Phi) is 22.6. The molecule has 0 spiro atoms. The Morgan fingerprint density at radius 1 is 0.575 bits per heavy atom. The molecule has 1 N–H and O–H groups in total. The first-order chi connectivity index (χ1) is 35.4. The standard InChI is InChI=1S/C56H65NO14S2/c1-4-48(58)66-34-12-8-6-10-32-64-42-22-26-44(27-23-42)68-52(60)38-14-18-40(19-15-38)54(62)70-46-30-31-47(51-50(46)72-56(73-51)37(3)36-57)71-55(63)41-20-16-39(17-21-41)53(61)69-45-28-24-43(25-29-45)65-33-11-7-9-13-35-67-49(59)5-2/h4-5,22-31,38-41,54,62H,1-2,6-21,32-35H2,3H3/b56-37-. The van der Waals surface area contributed by atoms with Crippen LogP contribution in [0.5, 0.6) is 34.5 Å². The van der Waals surface area contributed by atoms with Crippen LogP contribution in [0.15, 0.2) is 106 Å². The van der Waals surface area contributed by atoms with Gasteiger partial charge in [-0.1, -0.05) is 36.7 Å². The molecule has 390 valence electrons. The van der Waals surface area contributed by atoms with Crippen molar-refractivity contribution < 1.29 is 67.0 Å². The fourth-order valence-electron chi connectivity index (χ4n) is 8.49. The number of ether oxygens (including phenoxy) is 8. The molecule has 15 nitrogen and oxygen atoms in total. The average Bonchev–Trinajstić information content (AvgIpc) is 3.88. The normalized spacial score (nSPS) is 19.1. The summed E-state index contributed by atoms with van der Waals surface area (Å²) in [6.07, 6.45) is 12.1.